The number of ether oxygens (including phenoxy) is 1. The average Bonchev–Trinajstić information content (AvgIpc) is 2.18. The zero-order valence-corrected chi connectivity index (χ0v) is 8.96. The number of aryl methyl sites for hydroxylation is 1. The third-order valence-corrected chi connectivity index (χ3v) is 2.31. The Labute approximate surface area is 88.7 Å². The summed E-state index contributed by atoms with van der Waals surface area (Å²) in [6.07, 6.45) is -0.534. The van der Waals surface area contributed by atoms with E-state index in [1.165, 1.54) is 19.2 Å². The van der Waals surface area contributed by atoms with Crippen molar-refractivity contribution < 1.29 is 14.2 Å². The summed E-state index contributed by atoms with van der Waals surface area (Å²) in [6, 6.07) is 2.87. The number of hydrogen-bond acceptors (Lipinski definition) is 3. The van der Waals surface area contributed by atoms with Crippen LogP contribution in [0.2, 0.25) is 0 Å². The SMILES string of the molecule is COc1cc(C(O)CCN)c(F)cc1C. The summed E-state index contributed by atoms with van der Waals surface area (Å²) in [5.74, 6) is 0.150. The molecule has 15 heavy (non-hydrogen) atoms. The summed E-state index contributed by atoms with van der Waals surface area (Å²) in [5, 5.41) is 9.64. The molecule has 0 aliphatic rings. The number of hydrogen-bond donors (Lipinski definition) is 2. The lowest BCUT2D eigenvalue weighted by atomic mass is 10.0. The third-order valence-electron chi connectivity index (χ3n) is 2.31. The summed E-state index contributed by atoms with van der Waals surface area (Å²) < 4.78 is 18.5. The predicted octanol–water partition coefficient (Wildman–Crippen LogP) is 1.52. The third kappa shape index (κ3) is 2.67. The highest BCUT2D eigenvalue weighted by molar-refractivity contribution is 5.38. The van der Waals surface area contributed by atoms with E-state index in [0.29, 0.717) is 24.3 Å². The fraction of sp³-hybridized carbons (Fsp3) is 0.455. The zero-order valence-electron chi connectivity index (χ0n) is 8.96. The van der Waals surface area contributed by atoms with Crippen molar-refractivity contribution in [2.75, 3.05) is 13.7 Å². The van der Waals surface area contributed by atoms with Crippen molar-refractivity contribution in [2.24, 2.45) is 5.73 Å². The van der Waals surface area contributed by atoms with Crippen LogP contribution in [-0.4, -0.2) is 18.8 Å². The van der Waals surface area contributed by atoms with Gasteiger partial charge in [0.05, 0.1) is 13.2 Å². The van der Waals surface area contributed by atoms with Gasteiger partial charge in [-0.3, -0.25) is 0 Å². The monoisotopic (exact) mass is 213 g/mol. The van der Waals surface area contributed by atoms with E-state index in [-0.39, 0.29) is 5.56 Å². The zero-order chi connectivity index (χ0) is 11.4. The Balaban J connectivity index is 3.06. The van der Waals surface area contributed by atoms with Gasteiger partial charge in [0.1, 0.15) is 11.6 Å². The Hall–Kier alpha value is -1.13. The van der Waals surface area contributed by atoms with E-state index in [9.17, 15) is 9.50 Å². The van der Waals surface area contributed by atoms with Gasteiger partial charge in [-0.1, -0.05) is 0 Å². The van der Waals surface area contributed by atoms with E-state index in [4.69, 9.17) is 10.5 Å². The van der Waals surface area contributed by atoms with Gasteiger partial charge in [0.15, 0.2) is 0 Å². The maximum absolute atomic E-state index is 13.5. The van der Waals surface area contributed by atoms with Crippen LogP contribution in [0, 0.1) is 12.7 Å². The second-order valence-corrected chi connectivity index (χ2v) is 3.44. The minimum Gasteiger partial charge on any atom is -0.496 e. The van der Waals surface area contributed by atoms with Crippen molar-refractivity contribution in [1.29, 1.82) is 0 Å². The van der Waals surface area contributed by atoms with Gasteiger partial charge in [0, 0.05) is 5.56 Å². The number of benzene rings is 1. The Morgan fingerprint density at radius 1 is 1.53 bits per heavy atom. The molecule has 0 spiro atoms. The molecule has 0 radical (unpaired) electrons. The van der Waals surface area contributed by atoms with Crippen LogP contribution in [0.15, 0.2) is 12.1 Å². The second-order valence-electron chi connectivity index (χ2n) is 3.44. The van der Waals surface area contributed by atoms with Gasteiger partial charge in [-0.05, 0) is 37.6 Å². The molecule has 0 heterocycles. The van der Waals surface area contributed by atoms with Crippen molar-refractivity contribution >= 4 is 0 Å². The Morgan fingerprint density at radius 2 is 2.20 bits per heavy atom. The van der Waals surface area contributed by atoms with E-state index in [0.717, 1.165) is 0 Å². The van der Waals surface area contributed by atoms with Crippen molar-refractivity contribution in [1.82, 2.24) is 0 Å². The molecule has 1 atom stereocenters. The van der Waals surface area contributed by atoms with Crippen LogP contribution in [-0.2, 0) is 0 Å². The first kappa shape index (κ1) is 11.9. The number of aliphatic hydroxyl groups excluding tert-OH is 1. The molecule has 3 nitrogen and oxygen atoms in total. The topological polar surface area (TPSA) is 55.5 Å². The summed E-state index contributed by atoms with van der Waals surface area (Å²) in [4.78, 5) is 0. The number of halogens is 1. The van der Waals surface area contributed by atoms with Crippen LogP contribution in [0.5, 0.6) is 5.75 Å². The van der Waals surface area contributed by atoms with Crippen molar-refractivity contribution in [3.8, 4) is 5.75 Å². The Kier molecular flexibility index (Phi) is 4.05. The average molecular weight is 213 g/mol. The highest BCUT2D eigenvalue weighted by Crippen LogP contribution is 2.27. The Morgan fingerprint density at radius 3 is 2.73 bits per heavy atom. The first-order valence-corrected chi connectivity index (χ1v) is 4.82. The molecule has 0 amide bonds. The maximum atomic E-state index is 13.5. The van der Waals surface area contributed by atoms with Gasteiger partial charge in [-0.2, -0.15) is 0 Å². The molecule has 0 aliphatic carbocycles. The smallest absolute Gasteiger partial charge is 0.129 e. The fourth-order valence-corrected chi connectivity index (χ4v) is 1.46. The fourth-order valence-electron chi connectivity index (χ4n) is 1.46. The van der Waals surface area contributed by atoms with Gasteiger partial charge in [0.25, 0.3) is 0 Å². The van der Waals surface area contributed by atoms with Crippen LogP contribution in [0.3, 0.4) is 0 Å². The van der Waals surface area contributed by atoms with Crippen LogP contribution in [0.4, 0.5) is 4.39 Å². The second kappa shape index (κ2) is 5.09. The van der Waals surface area contributed by atoms with Gasteiger partial charge >= 0.3 is 0 Å². The van der Waals surface area contributed by atoms with E-state index in [1.54, 1.807) is 6.92 Å². The van der Waals surface area contributed by atoms with Gasteiger partial charge in [-0.15, -0.1) is 0 Å². The molecular weight excluding hydrogens is 197 g/mol. The highest BCUT2D eigenvalue weighted by atomic mass is 19.1. The molecule has 0 aromatic heterocycles. The highest BCUT2D eigenvalue weighted by Gasteiger charge is 2.14. The molecule has 1 unspecified atom stereocenters. The molecule has 1 aromatic carbocycles. The van der Waals surface area contributed by atoms with E-state index in [1.807, 2.05) is 0 Å². The van der Waals surface area contributed by atoms with Crippen molar-refractivity contribution in [3.05, 3.63) is 29.1 Å². The standard InChI is InChI=1S/C11H16FNO2/c1-7-5-9(12)8(6-11(7)15-2)10(14)3-4-13/h5-6,10,14H,3-4,13H2,1-2H3. The lowest BCUT2D eigenvalue weighted by molar-refractivity contribution is 0.165. The number of aliphatic hydroxyl groups is 1. The molecule has 0 fully saturated rings. The molecule has 1 aromatic rings. The largest absolute Gasteiger partial charge is 0.496 e. The van der Waals surface area contributed by atoms with Gasteiger partial charge in [-0.25, -0.2) is 4.39 Å². The first-order chi connectivity index (χ1) is 7.10. The summed E-state index contributed by atoms with van der Waals surface area (Å²) in [7, 11) is 1.51. The number of rotatable bonds is 4. The first-order valence-electron chi connectivity index (χ1n) is 4.82. The van der Waals surface area contributed by atoms with Crippen LogP contribution in [0.25, 0.3) is 0 Å². The predicted molar refractivity (Wildman–Crippen MR) is 56.3 cm³/mol. The summed E-state index contributed by atoms with van der Waals surface area (Å²) >= 11 is 0. The lowest BCUT2D eigenvalue weighted by Crippen LogP contribution is -2.08. The van der Waals surface area contributed by atoms with E-state index >= 15 is 0 Å². The molecule has 0 saturated heterocycles. The minimum absolute atomic E-state index is 0.239. The molecule has 0 bridgehead atoms. The minimum atomic E-state index is -0.871. The number of nitrogens with two attached hydrogens (primary N) is 1. The quantitative estimate of drug-likeness (QED) is 0.797. The van der Waals surface area contributed by atoms with E-state index < -0.39 is 11.9 Å². The van der Waals surface area contributed by atoms with Crippen molar-refractivity contribution in [2.45, 2.75) is 19.4 Å². The van der Waals surface area contributed by atoms with Crippen molar-refractivity contribution in [3.63, 3.8) is 0 Å². The molecule has 1 rings (SSSR count). The molecule has 0 saturated carbocycles. The summed E-state index contributed by atoms with van der Waals surface area (Å²) in [6.45, 7) is 2.07. The van der Waals surface area contributed by atoms with Gasteiger partial charge < -0.3 is 15.6 Å². The van der Waals surface area contributed by atoms with Gasteiger partial charge in [0.2, 0.25) is 0 Å². The lowest BCUT2D eigenvalue weighted by Gasteiger charge is -2.13. The Bertz CT molecular complexity index is 342. The van der Waals surface area contributed by atoms with Crippen LogP contribution < -0.4 is 10.5 Å². The van der Waals surface area contributed by atoms with Crippen LogP contribution >= 0.6 is 0 Å². The van der Waals surface area contributed by atoms with E-state index in [2.05, 4.69) is 0 Å². The molecule has 0 aliphatic heterocycles. The molecule has 84 valence electrons. The maximum Gasteiger partial charge on any atom is 0.129 e. The van der Waals surface area contributed by atoms with Crippen LogP contribution in [0.1, 0.15) is 23.7 Å². The summed E-state index contributed by atoms with van der Waals surface area (Å²) in [5.41, 5.74) is 6.25. The molecule has 3 N–H and O–H groups in total. The normalized spacial score (nSPS) is 12.6. The molecular formula is C11H16FNO2. The molecule has 4 heteroatoms. The number of methoxy groups -OCH3 is 1.